The summed E-state index contributed by atoms with van der Waals surface area (Å²) in [5.74, 6) is 0.485. The molecule has 0 aliphatic rings. The molecule has 0 saturated heterocycles. The highest BCUT2D eigenvalue weighted by atomic mass is 35.5. The van der Waals surface area contributed by atoms with Crippen LogP contribution in [0.4, 0.5) is 11.7 Å². The zero-order valence-electron chi connectivity index (χ0n) is 15.1. The zero-order valence-corrected chi connectivity index (χ0v) is 15.9. The molecule has 1 amide bonds. The lowest BCUT2D eigenvalue weighted by Crippen LogP contribution is -2.41. The molecule has 0 aliphatic carbocycles. The third-order valence-corrected chi connectivity index (χ3v) is 4.33. The number of hydrogen-bond acceptors (Lipinski definition) is 5. The van der Waals surface area contributed by atoms with Crippen molar-refractivity contribution in [1.29, 1.82) is 0 Å². The second kappa shape index (κ2) is 8.24. The SMILES string of the molecule is CN(C)C(=O)C(N)Cc1ccccc1-c1cnc(Nc2ccc(Cl)cc2)o1. The molecule has 0 spiro atoms. The third kappa shape index (κ3) is 4.67. The minimum Gasteiger partial charge on any atom is -0.423 e. The Hall–Kier alpha value is -2.83. The number of aromatic nitrogens is 1. The van der Waals surface area contributed by atoms with Crippen molar-refractivity contribution >= 4 is 29.2 Å². The van der Waals surface area contributed by atoms with Crippen molar-refractivity contribution in [3.05, 3.63) is 65.3 Å². The normalized spacial score (nSPS) is 11.9. The molecule has 1 heterocycles. The number of nitrogens with two attached hydrogens (primary N) is 1. The smallest absolute Gasteiger partial charge is 0.299 e. The number of hydrogen-bond donors (Lipinski definition) is 2. The van der Waals surface area contributed by atoms with E-state index in [0.29, 0.717) is 23.2 Å². The van der Waals surface area contributed by atoms with Gasteiger partial charge in [0.1, 0.15) is 0 Å². The number of likely N-dealkylation sites (N-methyl/N-ethyl adjacent to an activating group) is 1. The monoisotopic (exact) mass is 384 g/mol. The second-order valence-corrected chi connectivity index (χ2v) is 6.80. The lowest BCUT2D eigenvalue weighted by Gasteiger charge is -2.17. The summed E-state index contributed by atoms with van der Waals surface area (Å²) < 4.78 is 5.84. The average molecular weight is 385 g/mol. The van der Waals surface area contributed by atoms with Crippen LogP contribution in [0.25, 0.3) is 11.3 Å². The molecule has 0 saturated carbocycles. The Bertz CT molecular complexity index is 922. The molecule has 3 aromatic rings. The van der Waals surface area contributed by atoms with Gasteiger partial charge >= 0.3 is 0 Å². The van der Waals surface area contributed by atoms with Crippen molar-refractivity contribution in [2.24, 2.45) is 5.73 Å². The Morgan fingerprint density at radius 2 is 1.93 bits per heavy atom. The van der Waals surface area contributed by atoms with Gasteiger partial charge in [-0.05, 0) is 36.2 Å². The molecule has 0 aliphatic heterocycles. The maximum Gasteiger partial charge on any atom is 0.299 e. The summed E-state index contributed by atoms with van der Waals surface area (Å²) in [6, 6.07) is 14.7. The van der Waals surface area contributed by atoms with Crippen LogP contribution in [-0.2, 0) is 11.2 Å². The lowest BCUT2D eigenvalue weighted by molar-refractivity contribution is -0.130. The fourth-order valence-corrected chi connectivity index (χ4v) is 2.83. The van der Waals surface area contributed by atoms with Gasteiger partial charge in [-0.15, -0.1) is 0 Å². The predicted molar refractivity (Wildman–Crippen MR) is 107 cm³/mol. The van der Waals surface area contributed by atoms with E-state index in [1.807, 2.05) is 36.4 Å². The number of oxazole rings is 1. The lowest BCUT2D eigenvalue weighted by atomic mass is 9.99. The van der Waals surface area contributed by atoms with Crippen LogP contribution in [0.5, 0.6) is 0 Å². The molecule has 7 heteroatoms. The molecule has 1 unspecified atom stereocenters. The van der Waals surface area contributed by atoms with Gasteiger partial charge in [-0.25, -0.2) is 4.98 Å². The van der Waals surface area contributed by atoms with Gasteiger partial charge in [0.15, 0.2) is 5.76 Å². The molecule has 3 rings (SSSR count). The Labute approximate surface area is 162 Å². The summed E-state index contributed by atoms with van der Waals surface area (Å²) in [5.41, 5.74) is 8.66. The van der Waals surface area contributed by atoms with E-state index in [-0.39, 0.29) is 5.91 Å². The van der Waals surface area contributed by atoms with Crippen molar-refractivity contribution < 1.29 is 9.21 Å². The van der Waals surface area contributed by atoms with Crippen LogP contribution in [0.2, 0.25) is 5.02 Å². The van der Waals surface area contributed by atoms with Crippen molar-refractivity contribution in [1.82, 2.24) is 9.88 Å². The maximum absolute atomic E-state index is 12.1. The number of nitrogens with one attached hydrogen (secondary N) is 1. The Kier molecular flexibility index (Phi) is 5.78. The topological polar surface area (TPSA) is 84.4 Å². The molecule has 140 valence electrons. The van der Waals surface area contributed by atoms with E-state index in [9.17, 15) is 4.79 Å². The van der Waals surface area contributed by atoms with E-state index in [1.165, 1.54) is 4.90 Å². The number of nitrogens with zero attached hydrogens (tertiary/aromatic N) is 2. The maximum atomic E-state index is 12.1. The quantitative estimate of drug-likeness (QED) is 0.677. The number of benzene rings is 2. The molecule has 27 heavy (non-hydrogen) atoms. The fraction of sp³-hybridized carbons (Fsp3) is 0.200. The highest BCUT2D eigenvalue weighted by Gasteiger charge is 2.19. The van der Waals surface area contributed by atoms with Crippen LogP contribution in [0.3, 0.4) is 0 Å². The van der Waals surface area contributed by atoms with Gasteiger partial charge in [-0.1, -0.05) is 35.9 Å². The molecule has 6 nitrogen and oxygen atoms in total. The van der Waals surface area contributed by atoms with Crippen molar-refractivity contribution in [3.63, 3.8) is 0 Å². The molecule has 0 bridgehead atoms. The van der Waals surface area contributed by atoms with E-state index in [2.05, 4.69) is 10.3 Å². The standard InChI is InChI=1S/C20H21ClN4O2/c1-25(2)19(26)17(22)11-13-5-3-4-6-16(13)18-12-23-20(27-18)24-15-9-7-14(21)8-10-15/h3-10,12,17H,11,22H2,1-2H3,(H,23,24). The van der Waals surface area contributed by atoms with E-state index < -0.39 is 6.04 Å². The van der Waals surface area contributed by atoms with Crippen molar-refractivity contribution in [2.75, 3.05) is 19.4 Å². The molecule has 2 aromatic carbocycles. The summed E-state index contributed by atoms with van der Waals surface area (Å²) in [7, 11) is 3.39. The first kappa shape index (κ1) is 18.9. The highest BCUT2D eigenvalue weighted by Crippen LogP contribution is 2.28. The van der Waals surface area contributed by atoms with Crippen LogP contribution in [0.15, 0.2) is 59.1 Å². The van der Waals surface area contributed by atoms with Crippen molar-refractivity contribution in [2.45, 2.75) is 12.5 Å². The molecule has 1 aromatic heterocycles. The van der Waals surface area contributed by atoms with Crippen LogP contribution < -0.4 is 11.1 Å². The summed E-state index contributed by atoms with van der Waals surface area (Å²) >= 11 is 5.90. The molecule has 1 atom stereocenters. The molecule has 3 N–H and O–H groups in total. The van der Waals surface area contributed by atoms with E-state index >= 15 is 0 Å². The average Bonchev–Trinajstić information content (AvgIpc) is 3.11. The first-order valence-electron chi connectivity index (χ1n) is 8.47. The van der Waals surface area contributed by atoms with Gasteiger partial charge in [0, 0.05) is 30.4 Å². The van der Waals surface area contributed by atoms with Crippen LogP contribution in [0, 0.1) is 0 Å². The second-order valence-electron chi connectivity index (χ2n) is 6.36. The van der Waals surface area contributed by atoms with E-state index in [4.69, 9.17) is 21.8 Å². The van der Waals surface area contributed by atoms with Crippen LogP contribution in [-0.4, -0.2) is 35.9 Å². The zero-order chi connectivity index (χ0) is 19.4. The van der Waals surface area contributed by atoms with Gasteiger partial charge < -0.3 is 20.4 Å². The molecular weight excluding hydrogens is 364 g/mol. The summed E-state index contributed by atoms with van der Waals surface area (Å²) in [6.07, 6.45) is 2.06. The Morgan fingerprint density at radius 1 is 1.22 bits per heavy atom. The number of carbonyl (C=O) groups excluding carboxylic acids is 1. The van der Waals surface area contributed by atoms with Gasteiger partial charge in [0.05, 0.1) is 12.2 Å². The summed E-state index contributed by atoms with van der Waals surface area (Å²) in [6.45, 7) is 0. The molecule has 0 radical (unpaired) electrons. The van der Waals surface area contributed by atoms with Gasteiger partial charge in [0.2, 0.25) is 5.91 Å². The molecule has 0 fully saturated rings. The van der Waals surface area contributed by atoms with Gasteiger partial charge in [-0.2, -0.15) is 0 Å². The minimum absolute atomic E-state index is 0.118. The third-order valence-electron chi connectivity index (χ3n) is 4.08. The number of carbonyl (C=O) groups is 1. The Morgan fingerprint density at radius 3 is 2.63 bits per heavy atom. The van der Waals surface area contributed by atoms with Gasteiger partial charge in [0.25, 0.3) is 6.01 Å². The van der Waals surface area contributed by atoms with Crippen molar-refractivity contribution in [3.8, 4) is 11.3 Å². The Balaban J connectivity index is 1.80. The molecular formula is C20H21ClN4O2. The number of amides is 1. The number of anilines is 2. The highest BCUT2D eigenvalue weighted by molar-refractivity contribution is 6.30. The van der Waals surface area contributed by atoms with Crippen LogP contribution in [0.1, 0.15) is 5.56 Å². The van der Waals surface area contributed by atoms with Gasteiger partial charge in [-0.3, -0.25) is 4.79 Å². The fourth-order valence-electron chi connectivity index (χ4n) is 2.71. The van der Waals surface area contributed by atoms with Crippen LogP contribution >= 0.6 is 11.6 Å². The van der Waals surface area contributed by atoms with E-state index in [0.717, 1.165) is 16.8 Å². The predicted octanol–water partition coefficient (Wildman–Crippen LogP) is 3.70. The number of rotatable bonds is 6. The first-order chi connectivity index (χ1) is 12.9. The largest absolute Gasteiger partial charge is 0.423 e. The summed E-state index contributed by atoms with van der Waals surface area (Å²) in [4.78, 5) is 17.8. The first-order valence-corrected chi connectivity index (χ1v) is 8.85. The minimum atomic E-state index is -0.615. The number of halogens is 1. The van der Waals surface area contributed by atoms with E-state index in [1.54, 1.807) is 32.4 Å². The summed E-state index contributed by atoms with van der Waals surface area (Å²) in [5, 5.41) is 3.75.